The van der Waals surface area contributed by atoms with Gasteiger partial charge in [0.2, 0.25) is 17.7 Å². The van der Waals surface area contributed by atoms with Crippen LogP contribution < -0.4 is 15.5 Å². The summed E-state index contributed by atoms with van der Waals surface area (Å²) < 4.78 is 0. The topological polar surface area (TPSA) is 78.5 Å². The van der Waals surface area contributed by atoms with E-state index in [2.05, 4.69) is 10.6 Å². The Labute approximate surface area is 197 Å². The summed E-state index contributed by atoms with van der Waals surface area (Å²) in [4.78, 5) is 41.3. The molecule has 2 N–H and O–H groups in total. The van der Waals surface area contributed by atoms with Crippen LogP contribution in [0.1, 0.15) is 34.0 Å². The van der Waals surface area contributed by atoms with Crippen LogP contribution in [0.4, 0.5) is 11.4 Å². The number of benzene rings is 2. The Morgan fingerprint density at radius 2 is 1.70 bits per heavy atom. The van der Waals surface area contributed by atoms with Crippen molar-refractivity contribution >= 4 is 40.4 Å². The van der Waals surface area contributed by atoms with E-state index in [-0.39, 0.29) is 30.7 Å². The molecule has 1 aliphatic heterocycles. The lowest BCUT2D eigenvalue weighted by atomic mass is 9.97. The van der Waals surface area contributed by atoms with E-state index in [1.807, 2.05) is 80.7 Å². The molecule has 0 spiro atoms. The molecule has 3 amide bonds. The summed E-state index contributed by atoms with van der Waals surface area (Å²) in [5.41, 5.74) is 4.55. The van der Waals surface area contributed by atoms with Gasteiger partial charge in [0.25, 0.3) is 0 Å². The van der Waals surface area contributed by atoms with Crippen LogP contribution in [-0.4, -0.2) is 24.3 Å². The number of amides is 3. The van der Waals surface area contributed by atoms with Crippen molar-refractivity contribution in [2.24, 2.45) is 5.92 Å². The Hall–Kier alpha value is -3.45. The number of nitrogens with one attached hydrogen (secondary N) is 2. The van der Waals surface area contributed by atoms with E-state index in [4.69, 9.17) is 0 Å². The Morgan fingerprint density at radius 1 is 1.00 bits per heavy atom. The molecule has 2 heterocycles. The van der Waals surface area contributed by atoms with Gasteiger partial charge >= 0.3 is 0 Å². The Balaban J connectivity index is 1.50. The van der Waals surface area contributed by atoms with E-state index in [1.165, 1.54) is 11.3 Å². The average Bonchev–Trinajstić information content (AvgIpc) is 3.43. The van der Waals surface area contributed by atoms with E-state index < -0.39 is 12.0 Å². The van der Waals surface area contributed by atoms with Crippen LogP contribution >= 0.6 is 11.3 Å². The number of hydrogen-bond donors (Lipinski definition) is 2. The normalized spacial score (nSPS) is 17.8. The lowest BCUT2D eigenvalue weighted by Gasteiger charge is -2.27. The number of aryl methyl sites for hydroxylation is 3. The number of carbonyl (C=O) groups excluding carboxylic acids is 3. The van der Waals surface area contributed by atoms with E-state index in [0.717, 1.165) is 32.9 Å². The molecule has 6 nitrogen and oxygen atoms in total. The molecular formula is C26H27N3O3S. The van der Waals surface area contributed by atoms with Crippen molar-refractivity contribution < 1.29 is 14.4 Å². The van der Waals surface area contributed by atoms with Crippen LogP contribution in [0.3, 0.4) is 0 Å². The van der Waals surface area contributed by atoms with Crippen molar-refractivity contribution in [1.29, 1.82) is 0 Å². The van der Waals surface area contributed by atoms with Crippen molar-refractivity contribution in [1.82, 2.24) is 5.32 Å². The third-order valence-corrected chi connectivity index (χ3v) is 6.92. The molecule has 1 saturated heterocycles. The summed E-state index contributed by atoms with van der Waals surface area (Å²) >= 11 is 1.52. The highest BCUT2D eigenvalue weighted by atomic mass is 32.1. The predicted molar refractivity (Wildman–Crippen MR) is 131 cm³/mol. The number of hydrogen-bond acceptors (Lipinski definition) is 4. The fourth-order valence-corrected chi connectivity index (χ4v) is 5.14. The first kappa shape index (κ1) is 22.7. The molecule has 2 unspecified atom stereocenters. The van der Waals surface area contributed by atoms with Gasteiger partial charge in [-0.25, -0.2) is 0 Å². The molecule has 0 radical (unpaired) electrons. The molecule has 0 bridgehead atoms. The summed E-state index contributed by atoms with van der Waals surface area (Å²) in [7, 11) is 0. The molecular weight excluding hydrogens is 434 g/mol. The van der Waals surface area contributed by atoms with Crippen LogP contribution in [0.2, 0.25) is 0 Å². The molecule has 170 valence electrons. The van der Waals surface area contributed by atoms with Gasteiger partial charge in [-0.05, 0) is 55.5 Å². The third kappa shape index (κ3) is 4.83. The van der Waals surface area contributed by atoms with E-state index >= 15 is 0 Å². The van der Waals surface area contributed by atoms with Crippen molar-refractivity contribution in [2.45, 2.75) is 33.2 Å². The highest BCUT2D eigenvalue weighted by Gasteiger charge is 2.45. The molecule has 7 heteroatoms. The Kier molecular flexibility index (Phi) is 6.60. The molecule has 1 aliphatic rings. The molecule has 0 aliphatic carbocycles. The van der Waals surface area contributed by atoms with Crippen LogP contribution in [0.25, 0.3) is 0 Å². The maximum Gasteiger partial charge on any atom is 0.243 e. The first-order valence-electron chi connectivity index (χ1n) is 10.9. The molecule has 2 aromatic carbocycles. The van der Waals surface area contributed by atoms with E-state index in [9.17, 15) is 14.4 Å². The third-order valence-electron chi connectivity index (χ3n) is 5.97. The zero-order valence-electron chi connectivity index (χ0n) is 18.9. The van der Waals surface area contributed by atoms with Gasteiger partial charge in [-0.15, -0.1) is 11.3 Å². The van der Waals surface area contributed by atoms with Crippen LogP contribution in [0, 0.1) is 26.7 Å². The monoisotopic (exact) mass is 461 g/mol. The maximum absolute atomic E-state index is 13.2. The largest absolute Gasteiger partial charge is 0.347 e. The average molecular weight is 462 g/mol. The van der Waals surface area contributed by atoms with Crippen molar-refractivity contribution in [3.8, 4) is 0 Å². The zero-order valence-corrected chi connectivity index (χ0v) is 19.7. The molecule has 1 aromatic heterocycles. The van der Waals surface area contributed by atoms with Crippen molar-refractivity contribution in [2.75, 3.05) is 16.8 Å². The van der Waals surface area contributed by atoms with Crippen molar-refractivity contribution in [3.63, 3.8) is 0 Å². The quantitative estimate of drug-likeness (QED) is 0.566. The first-order chi connectivity index (χ1) is 15.8. The zero-order chi connectivity index (χ0) is 23.5. The molecule has 4 rings (SSSR count). The Bertz CT molecular complexity index is 1150. The molecule has 1 fully saturated rings. The molecule has 3 aromatic rings. The number of para-hydroxylation sites is 1. The Morgan fingerprint density at radius 3 is 2.33 bits per heavy atom. The van der Waals surface area contributed by atoms with Gasteiger partial charge in [0.1, 0.15) is 0 Å². The van der Waals surface area contributed by atoms with E-state index in [1.54, 1.807) is 4.90 Å². The minimum atomic E-state index is -0.578. The number of rotatable bonds is 6. The number of thiophene rings is 1. The van der Waals surface area contributed by atoms with Crippen LogP contribution in [-0.2, 0) is 14.4 Å². The standard InChI is InChI=1S/C26H27N3O3S/c1-16-9-11-19(12-10-16)29-23(31)14-20(25(29)21-8-5-13-33-21)26(32)27-15-22(30)28-24-17(2)6-4-7-18(24)3/h4-13,20,25H,14-15H2,1-3H3,(H,27,32)(H,28,30). The number of carbonyl (C=O) groups is 3. The smallest absolute Gasteiger partial charge is 0.243 e. The fourth-order valence-electron chi connectivity index (χ4n) is 4.26. The number of nitrogens with zero attached hydrogens (tertiary/aromatic N) is 1. The van der Waals surface area contributed by atoms with Gasteiger partial charge in [0, 0.05) is 22.7 Å². The lowest BCUT2D eigenvalue weighted by Crippen LogP contribution is -2.39. The van der Waals surface area contributed by atoms with Gasteiger partial charge in [-0.1, -0.05) is 42.0 Å². The first-order valence-corrected chi connectivity index (χ1v) is 11.8. The van der Waals surface area contributed by atoms with Gasteiger partial charge in [0.05, 0.1) is 18.5 Å². The van der Waals surface area contributed by atoms with E-state index in [0.29, 0.717) is 0 Å². The second-order valence-corrected chi connectivity index (χ2v) is 9.38. The van der Waals surface area contributed by atoms with Crippen LogP contribution in [0.15, 0.2) is 60.0 Å². The SMILES string of the molecule is Cc1ccc(N2C(=O)CC(C(=O)NCC(=O)Nc3c(C)cccc3C)C2c2cccs2)cc1. The van der Waals surface area contributed by atoms with Gasteiger partial charge in [0.15, 0.2) is 0 Å². The van der Waals surface area contributed by atoms with Gasteiger partial charge < -0.3 is 15.5 Å². The lowest BCUT2D eigenvalue weighted by molar-refractivity contribution is -0.128. The summed E-state index contributed by atoms with van der Waals surface area (Å²) in [6.45, 7) is 5.69. The molecule has 33 heavy (non-hydrogen) atoms. The summed E-state index contributed by atoms with van der Waals surface area (Å²) in [6.07, 6.45) is 0.0980. The maximum atomic E-state index is 13.2. The van der Waals surface area contributed by atoms with Gasteiger partial charge in [-0.2, -0.15) is 0 Å². The second-order valence-electron chi connectivity index (χ2n) is 8.40. The minimum Gasteiger partial charge on any atom is -0.347 e. The summed E-state index contributed by atoms with van der Waals surface area (Å²) in [5, 5.41) is 7.58. The second kappa shape index (κ2) is 9.58. The summed E-state index contributed by atoms with van der Waals surface area (Å²) in [5.74, 6) is -1.27. The number of anilines is 2. The summed E-state index contributed by atoms with van der Waals surface area (Å²) in [6, 6.07) is 17.0. The highest BCUT2D eigenvalue weighted by Crippen LogP contribution is 2.43. The molecule has 2 atom stereocenters. The fraction of sp³-hybridized carbons (Fsp3) is 0.269. The van der Waals surface area contributed by atoms with Crippen LogP contribution in [0.5, 0.6) is 0 Å². The minimum absolute atomic E-state index is 0.0980. The molecule has 0 saturated carbocycles. The predicted octanol–water partition coefficient (Wildman–Crippen LogP) is 4.52. The van der Waals surface area contributed by atoms with Crippen molar-refractivity contribution in [3.05, 3.63) is 81.5 Å². The highest BCUT2D eigenvalue weighted by molar-refractivity contribution is 7.10. The van der Waals surface area contributed by atoms with Gasteiger partial charge in [-0.3, -0.25) is 14.4 Å².